The number of hydrogen-bond donors (Lipinski definition) is 1. The number of carbonyl (C=O) groups is 2. The normalized spacial score (nSPS) is 19.3. The first-order valence-electron chi connectivity index (χ1n) is 11.7. The minimum atomic E-state index is -5.83. The van der Waals surface area contributed by atoms with Gasteiger partial charge in [-0.2, -0.15) is 26.3 Å². The quantitative estimate of drug-likeness (QED) is 0.453. The Morgan fingerprint density at radius 1 is 1.03 bits per heavy atom. The zero-order valence-electron chi connectivity index (χ0n) is 22.1. The number of benzene rings is 1. The topological polar surface area (TPSA) is 61.9 Å². The largest absolute Gasteiger partial charge is 0.430 e. The lowest BCUT2D eigenvalue weighted by molar-refractivity contribution is -0.383. The summed E-state index contributed by atoms with van der Waals surface area (Å²) in [4.78, 5) is 27.9. The number of anilines is 1. The maximum atomic E-state index is 13.9. The van der Waals surface area contributed by atoms with Gasteiger partial charge in [0.05, 0.1) is 16.8 Å². The first-order valence-corrected chi connectivity index (χ1v) is 11.7. The van der Waals surface area contributed by atoms with Crippen LogP contribution in [0.1, 0.15) is 53.5 Å². The highest BCUT2D eigenvalue weighted by Gasteiger charge is 2.73. The predicted molar refractivity (Wildman–Crippen MR) is 126 cm³/mol. The van der Waals surface area contributed by atoms with Crippen molar-refractivity contribution in [2.75, 3.05) is 19.1 Å². The van der Waals surface area contributed by atoms with Gasteiger partial charge >= 0.3 is 12.4 Å². The number of alkyl halides is 6. The molecule has 1 unspecified atom stereocenters. The van der Waals surface area contributed by atoms with Gasteiger partial charge in [0.2, 0.25) is 5.91 Å². The van der Waals surface area contributed by atoms with Crippen LogP contribution in [-0.4, -0.2) is 48.9 Å². The van der Waals surface area contributed by atoms with Gasteiger partial charge in [-0.25, -0.2) is 10.3 Å². The molecule has 1 aromatic rings. The van der Waals surface area contributed by atoms with E-state index >= 15 is 0 Å². The van der Waals surface area contributed by atoms with Crippen molar-refractivity contribution in [2.45, 2.75) is 71.5 Å². The Morgan fingerprint density at radius 2 is 1.51 bits per heavy atom. The van der Waals surface area contributed by atoms with Crippen molar-refractivity contribution in [2.24, 2.45) is 11.8 Å². The average Bonchev–Trinajstić information content (AvgIpc) is 2.94. The lowest BCUT2D eigenvalue weighted by Crippen LogP contribution is -2.55. The van der Waals surface area contributed by atoms with E-state index in [1.807, 2.05) is 13.8 Å². The molecule has 0 radical (unpaired) electrons. The average molecular weight is 538 g/mol. The van der Waals surface area contributed by atoms with Crippen LogP contribution in [0.3, 0.4) is 0 Å². The second-order valence-corrected chi connectivity index (χ2v) is 10.1. The van der Waals surface area contributed by atoms with Gasteiger partial charge in [-0.05, 0) is 38.3 Å². The summed E-state index contributed by atoms with van der Waals surface area (Å²) < 4.78 is 86.1. The van der Waals surface area contributed by atoms with Crippen molar-refractivity contribution in [1.29, 1.82) is 0 Å². The van der Waals surface area contributed by atoms with E-state index in [1.54, 1.807) is 25.9 Å². The number of allylic oxidation sites excluding steroid dienone is 1. The van der Waals surface area contributed by atoms with Gasteiger partial charge in [0.15, 0.2) is 0 Å². The van der Waals surface area contributed by atoms with Crippen molar-refractivity contribution in [3.05, 3.63) is 41.1 Å². The molecule has 0 bridgehead atoms. The first-order chi connectivity index (χ1) is 16.7. The van der Waals surface area contributed by atoms with Gasteiger partial charge < -0.3 is 9.75 Å². The molecule has 0 aliphatic carbocycles. The van der Waals surface area contributed by atoms with Crippen LogP contribution in [0.15, 0.2) is 35.5 Å². The van der Waals surface area contributed by atoms with Crippen LogP contribution in [0, 0.1) is 11.8 Å². The number of imide groups is 1. The van der Waals surface area contributed by atoms with Gasteiger partial charge in [0, 0.05) is 31.3 Å². The maximum Gasteiger partial charge on any atom is 0.430 e. The molecule has 0 fully saturated rings. The molecule has 1 atom stereocenters. The summed E-state index contributed by atoms with van der Waals surface area (Å²) in [6, 6.07) is 2.92. The molecule has 1 aliphatic heterocycles. The third kappa shape index (κ3) is 5.36. The van der Waals surface area contributed by atoms with Gasteiger partial charge in [0.25, 0.3) is 11.5 Å². The Kier molecular flexibility index (Phi) is 8.51. The van der Waals surface area contributed by atoms with E-state index in [0.29, 0.717) is 31.4 Å². The van der Waals surface area contributed by atoms with Gasteiger partial charge in [-0.1, -0.05) is 39.8 Å². The first kappa shape index (κ1) is 30.6. The van der Waals surface area contributed by atoms with Crippen molar-refractivity contribution in [1.82, 2.24) is 10.4 Å². The van der Waals surface area contributed by atoms with Crippen LogP contribution < -0.4 is 10.3 Å². The number of hydrogen-bond acceptors (Lipinski definition) is 5. The summed E-state index contributed by atoms with van der Waals surface area (Å²) in [7, 11) is 2.03. The summed E-state index contributed by atoms with van der Waals surface area (Å²) >= 11 is 0. The Morgan fingerprint density at radius 3 is 1.89 bits per heavy atom. The highest BCUT2D eigenvalue weighted by molar-refractivity contribution is 6.22. The zero-order chi connectivity index (χ0) is 28.7. The number of carbonyl (C=O) groups excluding carboxylic acids is 2. The van der Waals surface area contributed by atoms with E-state index in [0.717, 1.165) is 17.0 Å². The Balaban J connectivity index is 2.69. The molecule has 1 heterocycles. The molecule has 208 valence electrons. The fraction of sp³-hybridized carbons (Fsp3) is 0.600. The van der Waals surface area contributed by atoms with Crippen LogP contribution in [0.4, 0.5) is 32.0 Å². The highest BCUT2D eigenvalue weighted by atomic mass is 19.4. The van der Waals surface area contributed by atoms with E-state index in [4.69, 9.17) is 0 Å². The van der Waals surface area contributed by atoms with E-state index in [9.17, 15) is 35.9 Å². The lowest BCUT2D eigenvalue weighted by Gasteiger charge is -2.36. The molecule has 37 heavy (non-hydrogen) atoms. The number of nitrogens with one attached hydrogen (secondary N) is 1. The summed E-state index contributed by atoms with van der Waals surface area (Å²) in [6.45, 7) is 10.5. The Hall–Kier alpha value is -2.60. The SMILES string of the molecule is COC(c1ccc(N(C(=O)C2=C(C)N(C)NC2(C)CC(C)C)C(=O)C(C)C)cc1)(C(F)(F)F)C(F)(F)F. The number of halogens is 6. The third-order valence-electron chi connectivity index (χ3n) is 6.42. The fourth-order valence-electron chi connectivity index (χ4n) is 4.83. The Labute approximate surface area is 212 Å². The number of nitrogens with zero attached hydrogens (tertiary/aromatic N) is 2. The zero-order valence-corrected chi connectivity index (χ0v) is 22.1. The number of amides is 2. The molecule has 12 heteroatoms. The van der Waals surface area contributed by atoms with Crippen molar-refractivity contribution in [3.8, 4) is 0 Å². The number of ether oxygens (including phenoxy) is 1. The lowest BCUT2D eigenvalue weighted by atomic mass is 9.83. The molecule has 2 rings (SSSR count). The molecule has 0 spiro atoms. The van der Waals surface area contributed by atoms with Gasteiger partial charge in [-0.3, -0.25) is 9.59 Å². The minimum Gasteiger partial charge on any atom is -0.357 e. The summed E-state index contributed by atoms with van der Waals surface area (Å²) in [5, 5.41) is 1.65. The smallest absolute Gasteiger partial charge is 0.357 e. The fourth-order valence-corrected chi connectivity index (χ4v) is 4.83. The molecule has 0 saturated heterocycles. The van der Waals surface area contributed by atoms with Gasteiger partial charge in [0.1, 0.15) is 0 Å². The number of hydrazine groups is 1. The second-order valence-electron chi connectivity index (χ2n) is 10.1. The summed E-state index contributed by atoms with van der Waals surface area (Å²) in [6.07, 6.45) is -11.1. The van der Waals surface area contributed by atoms with Crippen molar-refractivity contribution >= 4 is 17.5 Å². The Bertz CT molecular complexity index is 1030. The number of methoxy groups -OCH3 is 1. The highest BCUT2D eigenvalue weighted by Crippen LogP contribution is 2.52. The summed E-state index contributed by atoms with van der Waals surface area (Å²) in [5.74, 6) is -1.92. The van der Waals surface area contributed by atoms with Crippen molar-refractivity contribution < 1.29 is 40.7 Å². The molecule has 6 nitrogen and oxygen atoms in total. The van der Waals surface area contributed by atoms with Crippen LogP contribution >= 0.6 is 0 Å². The van der Waals surface area contributed by atoms with E-state index in [1.165, 1.54) is 13.8 Å². The van der Waals surface area contributed by atoms with Crippen LogP contribution in [0.5, 0.6) is 0 Å². The number of rotatable bonds is 7. The predicted octanol–water partition coefficient (Wildman–Crippen LogP) is 5.70. The molecular formula is C25H33F6N3O3. The van der Waals surface area contributed by atoms with Crippen LogP contribution in [0.2, 0.25) is 0 Å². The molecule has 0 aromatic heterocycles. The van der Waals surface area contributed by atoms with E-state index in [2.05, 4.69) is 10.2 Å². The molecule has 2 amide bonds. The summed E-state index contributed by atoms with van der Waals surface area (Å²) in [5.41, 5.74) is -2.80. The van der Waals surface area contributed by atoms with Crippen LogP contribution in [-0.2, 0) is 19.9 Å². The minimum absolute atomic E-state index is 0.153. The molecule has 1 N–H and O–H groups in total. The standard InChI is InChI=1S/C25H33F6N3O3/c1-14(2)13-22(6)19(16(5)33(7)32-22)21(36)34(20(35)15(3)4)18-11-9-17(10-12-18)23(37-8,24(26,27)28)25(29,30)31/h9-12,14-15,32H,13H2,1-8H3. The molecule has 0 saturated carbocycles. The third-order valence-corrected chi connectivity index (χ3v) is 6.42. The molecule has 1 aliphatic rings. The second kappa shape index (κ2) is 10.3. The van der Waals surface area contributed by atoms with E-state index < -0.39 is 46.8 Å². The molecule has 1 aromatic carbocycles. The van der Waals surface area contributed by atoms with Crippen molar-refractivity contribution in [3.63, 3.8) is 0 Å². The molecular weight excluding hydrogens is 504 g/mol. The maximum absolute atomic E-state index is 13.9. The monoisotopic (exact) mass is 537 g/mol. The van der Waals surface area contributed by atoms with Gasteiger partial charge in [-0.15, -0.1) is 0 Å². The van der Waals surface area contributed by atoms with E-state index in [-0.39, 0.29) is 17.2 Å². The van der Waals surface area contributed by atoms with Crippen LogP contribution in [0.25, 0.3) is 0 Å².